The highest BCUT2D eigenvalue weighted by molar-refractivity contribution is 5.95. The first kappa shape index (κ1) is 12.6. The van der Waals surface area contributed by atoms with Crippen LogP contribution in [0.1, 0.15) is 20.8 Å². The van der Waals surface area contributed by atoms with Crippen molar-refractivity contribution in [2.24, 2.45) is 5.73 Å². The van der Waals surface area contributed by atoms with Crippen LogP contribution in [-0.2, 0) is 4.79 Å². The number of pyridine rings is 1. The average molecular weight is 237 g/mol. The van der Waals surface area contributed by atoms with E-state index in [1.54, 1.807) is 0 Å². The number of primary amides is 1. The van der Waals surface area contributed by atoms with Gasteiger partial charge in [0.1, 0.15) is 5.69 Å². The molecule has 3 N–H and O–H groups in total. The molecule has 1 aromatic heterocycles. The van der Waals surface area contributed by atoms with Crippen molar-refractivity contribution in [3.8, 4) is 0 Å². The second-order valence-corrected chi connectivity index (χ2v) is 3.36. The Hall–Kier alpha value is -2.44. The zero-order valence-corrected chi connectivity index (χ0v) is 9.08. The Kier molecular flexibility index (Phi) is 3.76. The van der Waals surface area contributed by atoms with E-state index >= 15 is 0 Å². The maximum Gasteiger partial charge on any atom is 0.337 e. The number of likely N-dealkylation sites (N-methyl/N-ethyl adjacent to an activating group) is 1. The summed E-state index contributed by atoms with van der Waals surface area (Å²) in [4.78, 5) is 37.7. The maximum atomic E-state index is 11.7. The van der Waals surface area contributed by atoms with Gasteiger partial charge in [-0.15, -0.1) is 0 Å². The van der Waals surface area contributed by atoms with E-state index in [9.17, 15) is 14.4 Å². The number of nitrogens with two attached hydrogens (primary N) is 1. The first-order chi connectivity index (χ1) is 7.91. The molecule has 1 heterocycles. The maximum absolute atomic E-state index is 11.7. The van der Waals surface area contributed by atoms with Gasteiger partial charge >= 0.3 is 5.97 Å². The molecular weight excluding hydrogens is 226 g/mol. The molecule has 0 saturated carbocycles. The van der Waals surface area contributed by atoms with E-state index in [1.165, 1.54) is 19.2 Å². The SMILES string of the molecule is CN(CC(N)=O)C(=O)c1ccc(C(=O)O)cn1. The van der Waals surface area contributed by atoms with Gasteiger partial charge in [0.25, 0.3) is 5.91 Å². The minimum absolute atomic E-state index is 0.0147. The summed E-state index contributed by atoms with van der Waals surface area (Å²) in [5.41, 5.74) is 4.98. The van der Waals surface area contributed by atoms with Crippen LogP contribution in [0.25, 0.3) is 0 Å². The molecule has 7 heteroatoms. The van der Waals surface area contributed by atoms with Gasteiger partial charge in [0.05, 0.1) is 12.1 Å². The Balaban J connectivity index is 2.82. The van der Waals surface area contributed by atoms with E-state index in [0.717, 1.165) is 11.1 Å². The van der Waals surface area contributed by atoms with Crippen molar-refractivity contribution in [1.82, 2.24) is 9.88 Å². The van der Waals surface area contributed by atoms with E-state index in [0.29, 0.717) is 0 Å². The fourth-order valence-electron chi connectivity index (χ4n) is 1.15. The Morgan fingerprint density at radius 3 is 2.47 bits per heavy atom. The van der Waals surface area contributed by atoms with Crippen molar-refractivity contribution in [3.63, 3.8) is 0 Å². The van der Waals surface area contributed by atoms with E-state index in [-0.39, 0.29) is 17.8 Å². The molecule has 0 aromatic carbocycles. The van der Waals surface area contributed by atoms with Gasteiger partial charge in [-0.3, -0.25) is 14.6 Å². The van der Waals surface area contributed by atoms with Crippen molar-refractivity contribution in [3.05, 3.63) is 29.6 Å². The zero-order valence-electron chi connectivity index (χ0n) is 9.08. The number of nitrogens with zero attached hydrogens (tertiary/aromatic N) is 2. The molecule has 0 fully saturated rings. The van der Waals surface area contributed by atoms with Gasteiger partial charge in [0.2, 0.25) is 5.91 Å². The van der Waals surface area contributed by atoms with Crippen LogP contribution in [0.2, 0.25) is 0 Å². The molecular formula is C10H11N3O4. The Bertz CT molecular complexity index is 455. The van der Waals surface area contributed by atoms with Crippen LogP contribution in [0.15, 0.2) is 18.3 Å². The highest BCUT2D eigenvalue weighted by atomic mass is 16.4. The van der Waals surface area contributed by atoms with Crippen LogP contribution in [0, 0.1) is 0 Å². The van der Waals surface area contributed by atoms with Crippen molar-refractivity contribution >= 4 is 17.8 Å². The Labute approximate surface area is 96.9 Å². The highest BCUT2D eigenvalue weighted by Crippen LogP contribution is 2.03. The van der Waals surface area contributed by atoms with Crippen LogP contribution in [0.5, 0.6) is 0 Å². The number of carbonyl (C=O) groups excluding carboxylic acids is 2. The fourth-order valence-corrected chi connectivity index (χ4v) is 1.15. The molecule has 90 valence electrons. The van der Waals surface area contributed by atoms with Gasteiger partial charge in [-0.25, -0.2) is 4.79 Å². The van der Waals surface area contributed by atoms with E-state index in [4.69, 9.17) is 10.8 Å². The first-order valence-corrected chi connectivity index (χ1v) is 4.65. The lowest BCUT2D eigenvalue weighted by Crippen LogP contribution is -2.35. The number of hydrogen-bond donors (Lipinski definition) is 2. The summed E-state index contributed by atoms with van der Waals surface area (Å²) in [7, 11) is 1.40. The molecule has 0 aliphatic rings. The third-order valence-corrected chi connectivity index (χ3v) is 1.97. The molecule has 0 atom stereocenters. The summed E-state index contributed by atoms with van der Waals surface area (Å²) < 4.78 is 0. The number of rotatable bonds is 4. The van der Waals surface area contributed by atoms with Gasteiger partial charge in [0.15, 0.2) is 0 Å². The molecule has 0 bridgehead atoms. The lowest BCUT2D eigenvalue weighted by atomic mass is 10.2. The first-order valence-electron chi connectivity index (χ1n) is 4.65. The second kappa shape index (κ2) is 5.06. The number of carboxylic acids is 1. The normalized spacial score (nSPS) is 9.71. The number of amides is 2. The summed E-state index contributed by atoms with van der Waals surface area (Å²) in [6.07, 6.45) is 1.08. The molecule has 7 nitrogen and oxygen atoms in total. The van der Waals surface area contributed by atoms with Crippen molar-refractivity contribution in [1.29, 1.82) is 0 Å². The number of hydrogen-bond acceptors (Lipinski definition) is 4. The zero-order chi connectivity index (χ0) is 13.0. The van der Waals surface area contributed by atoms with Crippen LogP contribution < -0.4 is 5.73 Å². The molecule has 2 amide bonds. The largest absolute Gasteiger partial charge is 0.478 e. The third-order valence-electron chi connectivity index (χ3n) is 1.97. The number of carboxylic acid groups (broad SMARTS) is 1. The number of aromatic nitrogens is 1. The van der Waals surface area contributed by atoms with Gasteiger partial charge in [-0.1, -0.05) is 0 Å². The van der Waals surface area contributed by atoms with E-state index < -0.39 is 17.8 Å². The fraction of sp³-hybridized carbons (Fsp3) is 0.200. The van der Waals surface area contributed by atoms with E-state index in [2.05, 4.69) is 4.98 Å². The Morgan fingerprint density at radius 2 is 2.06 bits per heavy atom. The summed E-state index contributed by atoms with van der Waals surface area (Å²) in [5, 5.41) is 8.65. The highest BCUT2D eigenvalue weighted by Gasteiger charge is 2.15. The van der Waals surface area contributed by atoms with Crippen molar-refractivity contribution in [2.45, 2.75) is 0 Å². The van der Waals surface area contributed by atoms with Gasteiger partial charge in [-0.05, 0) is 12.1 Å². The molecule has 0 aliphatic heterocycles. The van der Waals surface area contributed by atoms with Crippen LogP contribution in [0.3, 0.4) is 0 Å². The lowest BCUT2D eigenvalue weighted by Gasteiger charge is -2.14. The van der Waals surface area contributed by atoms with Crippen LogP contribution in [0.4, 0.5) is 0 Å². The van der Waals surface area contributed by atoms with Crippen molar-refractivity contribution in [2.75, 3.05) is 13.6 Å². The van der Waals surface area contributed by atoms with E-state index in [1.807, 2.05) is 0 Å². The van der Waals surface area contributed by atoms with Gasteiger partial charge in [0, 0.05) is 13.2 Å². The molecule has 0 radical (unpaired) electrons. The summed E-state index contributed by atoms with van der Waals surface area (Å²) in [6, 6.07) is 2.55. The molecule has 17 heavy (non-hydrogen) atoms. The van der Waals surface area contributed by atoms with Crippen LogP contribution >= 0.6 is 0 Å². The quantitative estimate of drug-likeness (QED) is 0.721. The minimum atomic E-state index is -1.12. The molecule has 0 unspecified atom stereocenters. The molecule has 0 spiro atoms. The summed E-state index contributed by atoms with van der Waals surface area (Å²) in [5.74, 6) is -2.26. The predicted octanol–water partition coefficient (Wildman–Crippen LogP) is -0.663. The molecule has 0 aliphatic carbocycles. The summed E-state index contributed by atoms with van der Waals surface area (Å²) in [6.45, 7) is -0.221. The average Bonchev–Trinajstić information content (AvgIpc) is 2.27. The van der Waals surface area contributed by atoms with Crippen LogP contribution in [-0.4, -0.2) is 46.4 Å². The molecule has 0 saturated heterocycles. The molecule has 1 aromatic rings. The topological polar surface area (TPSA) is 114 Å². The van der Waals surface area contributed by atoms with Gasteiger partial charge in [-0.2, -0.15) is 0 Å². The molecule has 1 rings (SSSR count). The predicted molar refractivity (Wildman–Crippen MR) is 57.4 cm³/mol. The lowest BCUT2D eigenvalue weighted by molar-refractivity contribution is -0.118. The van der Waals surface area contributed by atoms with Crippen molar-refractivity contribution < 1.29 is 19.5 Å². The Morgan fingerprint density at radius 1 is 1.41 bits per heavy atom. The third kappa shape index (κ3) is 3.26. The number of carbonyl (C=O) groups is 3. The second-order valence-electron chi connectivity index (χ2n) is 3.36. The minimum Gasteiger partial charge on any atom is -0.478 e. The summed E-state index contributed by atoms with van der Waals surface area (Å²) >= 11 is 0. The standard InChI is InChI=1S/C10H11N3O4/c1-13(5-8(11)14)9(15)7-3-2-6(4-12-7)10(16)17/h2-4H,5H2,1H3,(H2,11,14)(H,16,17). The number of aromatic carboxylic acids is 1. The monoisotopic (exact) mass is 237 g/mol. The van der Waals surface area contributed by atoms with Gasteiger partial charge < -0.3 is 15.7 Å². The smallest absolute Gasteiger partial charge is 0.337 e.